The standard InChI is InChI=1S/C15H12FIN4O3/c1-2-24-21-8-20-7-12(15(22)23)18-6-13(20)14(21)19-11-4-3-9(17)5-10(11)16/h2-7,18H,1,8H2,(H,22,23). The van der Waals surface area contributed by atoms with Gasteiger partial charge in [0.1, 0.15) is 35.8 Å². The molecule has 1 fully saturated rings. The van der Waals surface area contributed by atoms with Gasteiger partial charge in [-0.25, -0.2) is 14.2 Å². The third-order valence-corrected chi connectivity index (χ3v) is 3.94. The summed E-state index contributed by atoms with van der Waals surface area (Å²) < 4.78 is 14.8. The molecule has 1 aromatic carbocycles. The van der Waals surface area contributed by atoms with Crippen LogP contribution in [0.2, 0.25) is 0 Å². The first-order valence-electron chi connectivity index (χ1n) is 6.77. The second kappa shape index (κ2) is 6.51. The number of hydrogen-bond donors (Lipinski definition) is 2. The molecule has 1 saturated heterocycles. The molecule has 124 valence electrons. The Morgan fingerprint density at radius 3 is 3.00 bits per heavy atom. The summed E-state index contributed by atoms with van der Waals surface area (Å²) in [4.78, 5) is 22.3. The number of nitrogens with one attached hydrogen (secondary N) is 1. The fraction of sp³-hybridized carbons (Fsp3) is 0.0667. The van der Waals surface area contributed by atoms with E-state index in [0.29, 0.717) is 11.5 Å². The van der Waals surface area contributed by atoms with Gasteiger partial charge in [-0.1, -0.05) is 6.58 Å². The van der Waals surface area contributed by atoms with Crippen LogP contribution < -0.4 is 5.32 Å². The Morgan fingerprint density at radius 1 is 1.54 bits per heavy atom. The highest BCUT2D eigenvalue weighted by atomic mass is 127. The highest BCUT2D eigenvalue weighted by Gasteiger charge is 2.34. The average Bonchev–Trinajstić information content (AvgIpc) is 2.87. The van der Waals surface area contributed by atoms with Crippen molar-refractivity contribution in [3.8, 4) is 0 Å². The number of carboxylic acid groups (broad SMARTS) is 1. The van der Waals surface area contributed by atoms with Gasteiger partial charge in [0, 0.05) is 16.0 Å². The largest absolute Gasteiger partial charge is 0.477 e. The Balaban J connectivity index is 2.00. The molecule has 0 aliphatic carbocycles. The van der Waals surface area contributed by atoms with Crippen molar-refractivity contribution in [2.24, 2.45) is 4.99 Å². The predicted molar refractivity (Wildman–Crippen MR) is 93.0 cm³/mol. The summed E-state index contributed by atoms with van der Waals surface area (Å²) in [6.07, 6.45) is 4.12. The quantitative estimate of drug-likeness (QED) is 0.552. The molecule has 0 spiro atoms. The Morgan fingerprint density at radius 2 is 2.33 bits per heavy atom. The third kappa shape index (κ3) is 3.07. The highest BCUT2D eigenvalue weighted by Crippen LogP contribution is 2.28. The monoisotopic (exact) mass is 442 g/mol. The number of aliphatic imine (C=N–C) groups is 1. The molecular weight excluding hydrogens is 430 g/mol. The van der Waals surface area contributed by atoms with Crippen LogP contribution >= 0.6 is 22.6 Å². The van der Waals surface area contributed by atoms with Gasteiger partial charge in [0.15, 0.2) is 5.84 Å². The zero-order chi connectivity index (χ0) is 17.3. The van der Waals surface area contributed by atoms with Gasteiger partial charge in [-0.05, 0) is 40.8 Å². The normalized spacial score (nSPS) is 17.8. The third-order valence-electron chi connectivity index (χ3n) is 3.27. The van der Waals surface area contributed by atoms with Crippen LogP contribution in [0.5, 0.6) is 0 Å². The molecule has 0 unspecified atom stereocenters. The van der Waals surface area contributed by atoms with E-state index in [0.717, 1.165) is 3.57 Å². The Kier molecular flexibility index (Phi) is 4.42. The van der Waals surface area contributed by atoms with E-state index in [2.05, 4.69) is 16.9 Å². The number of nitrogens with zero attached hydrogens (tertiary/aromatic N) is 3. The summed E-state index contributed by atoms with van der Waals surface area (Å²) in [5.74, 6) is -1.21. The minimum atomic E-state index is -1.09. The zero-order valence-electron chi connectivity index (χ0n) is 12.2. The Hall–Kier alpha value is -2.56. The summed E-state index contributed by atoms with van der Waals surface area (Å²) in [5.41, 5.74) is 0.720. The van der Waals surface area contributed by atoms with Gasteiger partial charge >= 0.3 is 5.97 Å². The number of amidine groups is 1. The van der Waals surface area contributed by atoms with Crippen molar-refractivity contribution in [2.75, 3.05) is 6.67 Å². The lowest BCUT2D eigenvalue weighted by Crippen LogP contribution is -2.27. The summed E-state index contributed by atoms with van der Waals surface area (Å²) in [7, 11) is 0. The average molecular weight is 442 g/mol. The van der Waals surface area contributed by atoms with Gasteiger partial charge in [-0.3, -0.25) is 0 Å². The molecule has 24 heavy (non-hydrogen) atoms. The highest BCUT2D eigenvalue weighted by molar-refractivity contribution is 14.1. The summed E-state index contributed by atoms with van der Waals surface area (Å²) in [6, 6.07) is 4.68. The van der Waals surface area contributed by atoms with Crippen LogP contribution in [0.1, 0.15) is 0 Å². The van der Waals surface area contributed by atoms with Crippen LogP contribution in [0.15, 0.2) is 59.8 Å². The van der Waals surface area contributed by atoms with E-state index in [1.54, 1.807) is 17.0 Å². The van der Waals surface area contributed by atoms with E-state index in [-0.39, 0.29) is 18.1 Å². The molecule has 7 nitrogen and oxygen atoms in total. The minimum Gasteiger partial charge on any atom is -0.477 e. The van der Waals surface area contributed by atoms with Crippen molar-refractivity contribution in [3.05, 3.63) is 64.2 Å². The fourth-order valence-electron chi connectivity index (χ4n) is 2.22. The Labute approximate surface area is 150 Å². The van der Waals surface area contributed by atoms with Crippen molar-refractivity contribution in [2.45, 2.75) is 0 Å². The maximum atomic E-state index is 14.1. The van der Waals surface area contributed by atoms with Gasteiger partial charge in [0.25, 0.3) is 0 Å². The minimum absolute atomic E-state index is 0.0130. The molecule has 0 aromatic heterocycles. The van der Waals surface area contributed by atoms with Crippen molar-refractivity contribution in [3.63, 3.8) is 0 Å². The first-order valence-corrected chi connectivity index (χ1v) is 7.85. The lowest BCUT2D eigenvalue weighted by atomic mass is 10.3. The van der Waals surface area contributed by atoms with Crippen molar-refractivity contribution in [1.82, 2.24) is 15.3 Å². The van der Waals surface area contributed by atoms with Crippen molar-refractivity contribution < 1.29 is 19.1 Å². The molecule has 0 radical (unpaired) electrons. The van der Waals surface area contributed by atoms with E-state index >= 15 is 0 Å². The molecule has 0 amide bonds. The number of benzene rings is 1. The molecule has 2 aliphatic rings. The zero-order valence-corrected chi connectivity index (χ0v) is 14.4. The first kappa shape index (κ1) is 16.3. The number of carbonyl (C=O) groups is 1. The molecule has 2 aliphatic heterocycles. The van der Waals surface area contributed by atoms with Gasteiger partial charge in [-0.2, -0.15) is 5.06 Å². The molecule has 0 bridgehead atoms. The van der Waals surface area contributed by atoms with Crippen LogP contribution in [0.4, 0.5) is 10.1 Å². The number of hydrogen-bond acceptors (Lipinski definition) is 5. The number of hydroxylamine groups is 2. The molecule has 2 heterocycles. The van der Waals surface area contributed by atoms with Crippen LogP contribution in [-0.2, 0) is 9.63 Å². The lowest BCUT2D eigenvalue weighted by Gasteiger charge is -2.18. The van der Waals surface area contributed by atoms with Crippen LogP contribution in [0, 0.1) is 9.39 Å². The molecule has 2 N–H and O–H groups in total. The second-order valence-electron chi connectivity index (χ2n) is 4.81. The Bertz CT molecular complexity index is 806. The van der Waals surface area contributed by atoms with E-state index < -0.39 is 11.8 Å². The maximum absolute atomic E-state index is 14.1. The van der Waals surface area contributed by atoms with E-state index in [4.69, 9.17) is 9.94 Å². The van der Waals surface area contributed by atoms with Crippen molar-refractivity contribution in [1.29, 1.82) is 0 Å². The maximum Gasteiger partial charge on any atom is 0.353 e. The van der Waals surface area contributed by atoms with E-state index in [1.165, 1.54) is 29.8 Å². The van der Waals surface area contributed by atoms with Gasteiger partial charge < -0.3 is 20.2 Å². The van der Waals surface area contributed by atoms with Gasteiger partial charge in [0.2, 0.25) is 0 Å². The number of halogens is 2. The van der Waals surface area contributed by atoms with Crippen molar-refractivity contribution >= 4 is 40.1 Å². The van der Waals surface area contributed by atoms with Crippen LogP contribution in [-0.4, -0.2) is 33.5 Å². The van der Waals surface area contributed by atoms with Crippen LogP contribution in [0.3, 0.4) is 0 Å². The van der Waals surface area contributed by atoms with E-state index in [9.17, 15) is 9.18 Å². The summed E-state index contributed by atoms with van der Waals surface area (Å²) in [6.45, 7) is 3.69. The summed E-state index contributed by atoms with van der Waals surface area (Å²) >= 11 is 2.01. The van der Waals surface area contributed by atoms with Gasteiger partial charge in [0.05, 0.1) is 0 Å². The topological polar surface area (TPSA) is 77.4 Å². The molecule has 1 aromatic rings. The molecule has 0 saturated carbocycles. The van der Waals surface area contributed by atoms with Crippen LogP contribution in [0.25, 0.3) is 0 Å². The SMILES string of the molecule is C=CON1CN2C=C(C(=O)O)NC=C2C1=Nc1ccc(I)cc1F. The van der Waals surface area contributed by atoms with Gasteiger partial charge in [-0.15, -0.1) is 0 Å². The second-order valence-corrected chi connectivity index (χ2v) is 6.06. The molecular formula is C15H12FIN4O3. The first-order chi connectivity index (χ1) is 11.5. The molecule has 9 heteroatoms. The molecule has 0 atom stereocenters. The number of rotatable bonds is 4. The number of aliphatic carboxylic acids is 1. The smallest absolute Gasteiger partial charge is 0.353 e. The number of fused-ring (bicyclic) bond motifs is 1. The predicted octanol–water partition coefficient (Wildman–Crippen LogP) is 2.48. The fourth-order valence-corrected chi connectivity index (χ4v) is 2.68. The lowest BCUT2D eigenvalue weighted by molar-refractivity contribution is -0.133. The summed E-state index contributed by atoms with van der Waals surface area (Å²) in [5, 5.41) is 13.1. The number of carboxylic acids is 1. The van der Waals surface area contributed by atoms with E-state index in [1.807, 2.05) is 22.6 Å². The molecule has 3 rings (SSSR count).